The Morgan fingerprint density at radius 3 is 2.50 bits per heavy atom. The maximum Gasteiger partial charge on any atom is 0.271 e. The molecule has 0 bridgehead atoms. The number of benzene rings is 2. The zero-order chi connectivity index (χ0) is 23.1. The highest BCUT2D eigenvalue weighted by Gasteiger charge is 2.08. The van der Waals surface area contributed by atoms with E-state index in [2.05, 4.69) is 15.6 Å². The van der Waals surface area contributed by atoms with Gasteiger partial charge in [-0.3, -0.25) is 14.3 Å². The van der Waals surface area contributed by atoms with Gasteiger partial charge in [0.1, 0.15) is 0 Å². The molecule has 0 unspecified atom stereocenters. The Bertz CT molecular complexity index is 1140. The summed E-state index contributed by atoms with van der Waals surface area (Å²) in [5, 5.41) is 8.44. The van der Waals surface area contributed by atoms with Crippen LogP contribution < -0.4 is 20.6 Å². The Morgan fingerprint density at radius 2 is 1.88 bits per heavy atom. The van der Waals surface area contributed by atoms with Crippen LogP contribution in [0, 0.1) is 13.8 Å². The number of aromatic nitrogens is 2. The first-order valence-electron chi connectivity index (χ1n) is 9.88. The van der Waals surface area contributed by atoms with Gasteiger partial charge >= 0.3 is 0 Å². The molecule has 1 aromatic heterocycles. The van der Waals surface area contributed by atoms with Crippen LogP contribution in [0.25, 0.3) is 0 Å². The topological polar surface area (TPSA) is 121 Å². The smallest absolute Gasteiger partial charge is 0.271 e. The van der Waals surface area contributed by atoms with Crippen molar-refractivity contribution in [2.75, 3.05) is 13.7 Å². The molecular formula is C23H25N5O4. The first kappa shape index (κ1) is 22.5. The van der Waals surface area contributed by atoms with Gasteiger partial charge in [-0.25, -0.2) is 5.43 Å². The van der Waals surface area contributed by atoms with E-state index in [1.54, 1.807) is 30.3 Å². The number of hydrogen-bond acceptors (Lipinski definition) is 6. The number of carbonyl (C=O) groups is 2. The highest BCUT2D eigenvalue weighted by molar-refractivity contribution is 5.95. The molecule has 2 aromatic carbocycles. The predicted molar refractivity (Wildman–Crippen MR) is 120 cm³/mol. The molecule has 0 saturated carbocycles. The number of amides is 2. The van der Waals surface area contributed by atoms with Gasteiger partial charge in [-0.05, 0) is 61.4 Å². The Labute approximate surface area is 185 Å². The molecule has 0 saturated heterocycles. The van der Waals surface area contributed by atoms with Gasteiger partial charge in [0.05, 0.1) is 25.6 Å². The van der Waals surface area contributed by atoms with Gasteiger partial charge < -0.3 is 15.2 Å². The van der Waals surface area contributed by atoms with Crippen molar-refractivity contribution >= 4 is 18.0 Å². The lowest BCUT2D eigenvalue weighted by Gasteiger charge is -2.09. The number of carbonyl (C=O) groups excluding carboxylic acids is 2. The number of hydrogen-bond donors (Lipinski definition) is 2. The molecule has 9 heteroatoms. The van der Waals surface area contributed by atoms with Gasteiger partial charge in [0.25, 0.3) is 11.8 Å². The number of nitrogens with two attached hydrogens (primary N) is 1. The van der Waals surface area contributed by atoms with E-state index < -0.39 is 5.91 Å². The summed E-state index contributed by atoms with van der Waals surface area (Å²) in [7, 11) is 1.48. The second-order valence-electron chi connectivity index (χ2n) is 7.15. The average molecular weight is 435 g/mol. The summed E-state index contributed by atoms with van der Waals surface area (Å²) in [5.74, 6) is -0.111. The van der Waals surface area contributed by atoms with Crippen LogP contribution in [0.15, 0.2) is 53.6 Å². The van der Waals surface area contributed by atoms with Gasteiger partial charge in [-0.1, -0.05) is 12.1 Å². The molecule has 32 heavy (non-hydrogen) atoms. The second-order valence-corrected chi connectivity index (χ2v) is 7.15. The number of primary amides is 1. The van der Waals surface area contributed by atoms with Gasteiger partial charge in [0, 0.05) is 11.3 Å². The molecule has 0 aliphatic heterocycles. The fourth-order valence-corrected chi connectivity index (χ4v) is 3.03. The normalized spacial score (nSPS) is 10.8. The van der Waals surface area contributed by atoms with E-state index in [4.69, 9.17) is 15.2 Å². The number of rotatable bonds is 9. The third kappa shape index (κ3) is 5.94. The Balaban J connectivity index is 1.59. The van der Waals surface area contributed by atoms with Gasteiger partial charge in [-0.15, -0.1) is 0 Å². The molecule has 1 heterocycles. The third-order valence-corrected chi connectivity index (χ3v) is 4.59. The molecular weight excluding hydrogens is 410 g/mol. The standard InChI is InChI=1S/C23H25N5O4/c1-15-10-16(2)28(27-15)13-17-4-7-19(8-5-17)23(30)26-25-12-18-6-9-20(21(11-18)31-3)32-14-22(24)29/h4-12H,13-14H2,1-3H3,(H2,24,29)(H,26,30)/b25-12-. The highest BCUT2D eigenvalue weighted by atomic mass is 16.5. The Hall–Kier alpha value is -4.14. The van der Waals surface area contributed by atoms with Gasteiger partial charge in [0.2, 0.25) is 0 Å². The second kappa shape index (κ2) is 10.3. The zero-order valence-corrected chi connectivity index (χ0v) is 18.2. The van der Waals surface area contributed by atoms with Crippen LogP contribution >= 0.6 is 0 Å². The number of nitrogens with one attached hydrogen (secondary N) is 1. The molecule has 0 atom stereocenters. The van der Waals surface area contributed by atoms with E-state index in [-0.39, 0.29) is 12.5 Å². The molecule has 0 fully saturated rings. The Morgan fingerprint density at radius 1 is 1.12 bits per heavy atom. The lowest BCUT2D eigenvalue weighted by atomic mass is 10.1. The van der Waals surface area contributed by atoms with E-state index in [1.807, 2.05) is 36.7 Å². The number of methoxy groups -OCH3 is 1. The van der Waals surface area contributed by atoms with Crippen LogP contribution in [0.2, 0.25) is 0 Å². The lowest BCUT2D eigenvalue weighted by molar-refractivity contribution is -0.119. The van der Waals surface area contributed by atoms with Crippen molar-refractivity contribution in [3.8, 4) is 11.5 Å². The summed E-state index contributed by atoms with van der Waals surface area (Å²) in [4.78, 5) is 23.2. The summed E-state index contributed by atoms with van der Waals surface area (Å²) in [5.41, 5.74) is 11.9. The van der Waals surface area contributed by atoms with Crippen molar-refractivity contribution in [3.63, 3.8) is 0 Å². The van der Waals surface area contributed by atoms with E-state index >= 15 is 0 Å². The summed E-state index contributed by atoms with van der Waals surface area (Å²) in [6.07, 6.45) is 1.48. The molecule has 0 radical (unpaired) electrons. The molecule has 0 aliphatic rings. The SMILES string of the molecule is COc1cc(/C=N\NC(=O)c2ccc(Cn3nc(C)cc3C)cc2)ccc1OCC(N)=O. The van der Waals surface area contributed by atoms with Crippen molar-refractivity contribution in [3.05, 3.63) is 76.6 Å². The van der Waals surface area contributed by atoms with Crippen LogP contribution in [0.3, 0.4) is 0 Å². The molecule has 3 N–H and O–H groups in total. The minimum atomic E-state index is -0.583. The molecule has 0 aliphatic carbocycles. The van der Waals surface area contributed by atoms with Crippen molar-refractivity contribution in [1.29, 1.82) is 0 Å². The quantitative estimate of drug-likeness (QED) is 0.394. The van der Waals surface area contributed by atoms with Gasteiger partial charge in [-0.2, -0.15) is 10.2 Å². The summed E-state index contributed by atoms with van der Waals surface area (Å²) in [6, 6.07) is 14.3. The van der Waals surface area contributed by atoms with Crippen LogP contribution in [0.4, 0.5) is 0 Å². The molecule has 2 amide bonds. The summed E-state index contributed by atoms with van der Waals surface area (Å²) >= 11 is 0. The molecule has 3 aromatic rings. The number of aryl methyl sites for hydroxylation is 2. The summed E-state index contributed by atoms with van der Waals surface area (Å²) in [6.45, 7) is 4.36. The summed E-state index contributed by atoms with van der Waals surface area (Å²) < 4.78 is 12.4. The van der Waals surface area contributed by atoms with Crippen LogP contribution in [0.1, 0.15) is 32.9 Å². The first-order valence-corrected chi connectivity index (χ1v) is 9.88. The first-order chi connectivity index (χ1) is 15.4. The van der Waals surface area contributed by atoms with Crippen LogP contribution in [-0.2, 0) is 11.3 Å². The maximum atomic E-state index is 12.4. The van der Waals surface area contributed by atoms with E-state index in [0.29, 0.717) is 29.2 Å². The fraction of sp³-hybridized carbons (Fsp3) is 0.217. The van der Waals surface area contributed by atoms with Crippen molar-refractivity contribution in [2.24, 2.45) is 10.8 Å². The monoisotopic (exact) mass is 435 g/mol. The number of ether oxygens (including phenoxy) is 2. The maximum absolute atomic E-state index is 12.4. The van der Waals surface area contributed by atoms with Crippen molar-refractivity contribution in [2.45, 2.75) is 20.4 Å². The molecule has 0 spiro atoms. The highest BCUT2D eigenvalue weighted by Crippen LogP contribution is 2.27. The minimum absolute atomic E-state index is 0.250. The minimum Gasteiger partial charge on any atom is -0.493 e. The molecule has 166 valence electrons. The Kier molecular flexibility index (Phi) is 7.22. The number of nitrogens with zero attached hydrogens (tertiary/aromatic N) is 3. The van der Waals surface area contributed by atoms with E-state index in [0.717, 1.165) is 17.0 Å². The predicted octanol–water partition coefficient (Wildman–Crippen LogP) is 2.18. The molecule has 9 nitrogen and oxygen atoms in total. The van der Waals surface area contributed by atoms with Crippen LogP contribution in [-0.4, -0.2) is 41.5 Å². The van der Waals surface area contributed by atoms with Crippen molar-refractivity contribution in [1.82, 2.24) is 15.2 Å². The van der Waals surface area contributed by atoms with Crippen molar-refractivity contribution < 1.29 is 19.1 Å². The van der Waals surface area contributed by atoms with E-state index in [9.17, 15) is 9.59 Å². The largest absolute Gasteiger partial charge is 0.493 e. The van der Waals surface area contributed by atoms with Crippen LogP contribution in [0.5, 0.6) is 11.5 Å². The number of hydrazone groups is 1. The van der Waals surface area contributed by atoms with E-state index in [1.165, 1.54) is 13.3 Å². The van der Waals surface area contributed by atoms with Gasteiger partial charge in [0.15, 0.2) is 18.1 Å². The molecule has 3 rings (SSSR count). The average Bonchev–Trinajstić information content (AvgIpc) is 3.09. The zero-order valence-electron chi connectivity index (χ0n) is 18.2. The lowest BCUT2D eigenvalue weighted by Crippen LogP contribution is -2.20. The third-order valence-electron chi connectivity index (χ3n) is 4.59. The fourth-order valence-electron chi connectivity index (χ4n) is 3.03.